The molecule has 2 aromatic carbocycles. The smallest absolute Gasteiger partial charge is 0.421 e. The summed E-state index contributed by atoms with van der Waals surface area (Å²) in [5.74, 6) is -1.01. The fraction of sp³-hybridized carbons (Fsp3) is 0.486. The van der Waals surface area contributed by atoms with Crippen molar-refractivity contribution in [1.29, 1.82) is 0 Å². The maximum Gasteiger partial charge on any atom is 0.421 e. The lowest BCUT2D eigenvalue weighted by atomic mass is 9.77. The first-order valence-corrected chi connectivity index (χ1v) is 18.6. The van der Waals surface area contributed by atoms with Gasteiger partial charge in [-0.2, -0.15) is 18.2 Å². The number of nitrogens with one attached hydrogen (secondary N) is 2. The summed E-state index contributed by atoms with van der Waals surface area (Å²) in [4.78, 5) is 35.3. The molecule has 0 spiro atoms. The summed E-state index contributed by atoms with van der Waals surface area (Å²) in [5, 5.41) is 5.71. The fourth-order valence-corrected chi connectivity index (χ4v) is 8.33. The predicted molar refractivity (Wildman–Crippen MR) is 185 cm³/mol. The molecule has 0 radical (unpaired) electrons. The van der Waals surface area contributed by atoms with E-state index in [1.54, 1.807) is 52.1 Å². The van der Waals surface area contributed by atoms with Crippen molar-refractivity contribution >= 4 is 42.6 Å². The molecule has 1 fully saturated rings. The molecule has 0 bridgehead atoms. The molecular formula is C35H43F3N5O7P. The van der Waals surface area contributed by atoms with Gasteiger partial charge in [-0.3, -0.25) is 14.2 Å². The molecule has 51 heavy (non-hydrogen) atoms. The van der Waals surface area contributed by atoms with Crippen LogP contribution < -0.4 is 15.4 Å². The number of fused-ring (bicyclic) bond motifs is 1. The minimum Gasteiger partial charge on any atom is -0.495 e. The number of ether oxygens (including phenoxy) is 2. The van der Waals surface area contributed by atoms with Gasteiger partial charge in [-0.15, -0.1) is 0 Å². The van der Waals surface area contributed by atoms with Crippen LogP contribution in [-0.4, -0.2) is 60.7 Å². The number of rotatable bonds is 14. The molecule has 5 rings (SSSR count). The van der Waals surface area contributed by atoms with Gasteiger partial charge in [-0.05, 0) is 87.3 Å². The van der Waals surface area contributed by atoms with Crippen molar-refractivity contribution in [2.24, 2.45) is 5.92 Å². The van der Waals surface area contributed by atoms with Crippen molar-refractivity contribution in [1.82, 2.24) is 14.9 Å². The van der Waals surface area contributed by atoms with E-state index in [0.717, 1.165) is 24.0 Å². The Labute approximate surface area is 295 Å². The van der Waals surface area contributed by atoms with E-state index in [9.17, 15) is 27.3 Å². The van der Waals surface area contributed by atoms with E-state index in [2.05, 4.69) is 20.6 Å². The molecule has 2 N–H and O–H groups in total. The van der Waals surface area contributed by atoms with Crippen LogP contribution in [0.3, 0.4) is 0 Å². The molecule has 1 aromatic heterocycles. The molecule has 16 heteroatoms. The Kier molecular flexibility index (Phi) is 11.9. The standard InChI is InChI=1S/C35H43F3N5O7P/c1-6-48-33(45)23-12-10-22(11-13-23)24-14-16-28(30-25(24)19-43(4)32(30)44)40-31-26(35(36,37)38)18-39-34(42-31)41-27-15-9-21(17-29(27)47-5)20-51(46,49-7-2)50-8-3/h9,14-18,22-23H,6-8,10-13,19-20H2,1-5H3,(H2,39,40,41,42). The first-order valence-electron chi connectivity index (χ1n) is 16.9. The number of carbonyl (C=O) groups excluding carboxylic acids is 2. The summed E-state index contributed by atoms with van der Waals surface area (Å²) in [6.07, 6.45) is -1.39. The molecule has 1 aliphatic heterocycles. The Morgan fingerprint density at radius 3 is 2.31 bits per heavy atom. The third kappa shape index (κ3) is 8.65. The van der Waals surface area contributed by atoms with Crippen molar-refractivity contribution in [2.75, 3.05) is 44.6 Å². The second kappa shape index (κ2) is 16.0. The zero-order valence-corrected chi connectivity index (χ0v) is 30.2. The highest BCUT2D eigenvalue weighted by Gasteiger charge is 2.38. The lowest BCUT2D eigenvalue weighted by Crippen LogP contribution is -2.23. The lowest BCUT2D eigenvalue weighted by molar-refractivity contribution is -0.149. The first-order chi connectivity index (χ1) is 24.3. The highest BCUT2D eigenvalue weighted by molar-refractivity contribution is 7.53. The van der Waals surface area contributed by atoms with Gasteiger partial charge in [-0.25, -0.2) is 4.98 Å². The summed E-state index contributed by atoms with van der Waals surface area (Å²) in [6.45, 7) is 6.24. The Hall–Kier alpha value is -4.20. The van der Waals surface area contributed by atoms with E-state index in [4.69, 9.17) is 18.5 Å². The monoisotopic (exact) mass is 733 g/mol. The third-order valence-electron chi connectivity index (χ3n) is 8.98. The molecule has 0 unspecified atom stereocenters. The highest BCUT2D eigenvalue weighted by atomic mass is 31.2. The summed E-state index contributed by atoms with van der Waals surface area (Å²) >= 11 is 0. The number of amides is 1. The number of alkyl halides is 3. The highest BCUT2D eigenvalue weighted by Crippen LogP contribution is 2.52. The number of hydrogen-bond acceptors (Lipinski definition) is 11. The van der Waals surface area contributed by atoms with E-state index < -0.39 is 25.2 Å². The Morgan fingerprint density at radius 2 is 1.69 bits per heavy atom. The maximum atomic E-state index is 14.3. The Morgan fingerprint density at radius 1 is 1.00 bits per heavy atom. The van der Waals surface area contributed by atoms with Crippen LogP contribution in [0.15, 0.2) is 36.5 Å². The van der Waals surface area contributed by atoms with Gasteiger partial charge in [0.1, 0.15) is 17.1 Å². The third-order valence-corrected chi connectivity index (χ3v) is 11.0. The number of halogens is 3. The number of anilines is 4. The predicted octanol–water partition coefficient (Wildman–Crippen LogP) is 8.18. The topological polar surface area (TPSA) is 141 Å². The lowest BCUT2D eigenvalue weighted by Gasteiger charge is -2.29. The van der Waals surface area contributed by atoms with Crippen LogP contribution in [0, 0.1) is 5.92 Å². The summed E-state index contributed by atoms with van der Waals surface area (Å²) in [6, 6.07) is 8.34. The molecule has 276 valence electrons. The molecular weight excluding hydrogens is 690 g/mol. The quantitative estimate of drug-likeness (QED) is 0.122. The summed E-state index contributed by atoms with van der Waals surface area (Å²) < 4.78 is 77.3. The summed E-state index contributed by atoms with van der Waals surface area (Å²) in [5.41, 5.74) is 1.99. The molecule has 12 nitrogen and oxygen atoms in total. The number of nitrogens with zero attached hydrogens (tertiary/aromatic N) is 3. The largest absolute Gasteiger partial charge is 0.495 e. The fourth-order valence-electron chi connectivity index (χ4n) is 6.64. The van der Waals surface area contributed by atoms with Crippen LogP contribution in [0.5, 0.6) is 5.75 Å². The SMILES string of the molecule is CCOC(=O)C1CCC(c2ccc(Nc3nc(Nc4ccc(CP(=O)(OCC)OCC)cc4OC)ncc3C(F)(F)F)c3c2CN(C)C3=O)CC1. The average molecular weight is 734 g/mol. The van der Waals surface area contributed by atoms with Crippen molar-refractivity contribution in [3.63, 3.8) is 0 Å². The maximum absolute atomic E-state index is 14.3. The molecule has 1 amide bonds. The number of aromatic nitrogens is 2. The molecule has 1 aliphatic carbocycles. The van der Waals surface area contributed by atoms with Crippen molar-refractivity contribution in [3.05, 3.63) is 64.3 Å². The van der Waals surface area contributed by atoms with Gasteiger partial charge < -0.3 is 34.1 Å². The molecule has 0 saturated heterocycles. The number of hydrogen-bond donors (Lipinski definition) is 2. The van der Waals surface area contributed by atoms with Gasteiger partial charge in [0.2, 0.25) is 5.95 Å². The Bertz CT molecular complexity index is 1790. The molecule has 3 aromatic rings. The van der Waals surface area contributed by atoms with E-state index in [1.165, 1.54) is 12.0 Å². The van der Waals surface area contributed by atoms with E-state index in [1.807, 2.05) is 6.07 Å². The van der Waals surface area contributed by atoms with Crippen molar-refractivity contribution in [3.8, 4) is 5.75 Å². The van der Waals surface area contributed by atoms with Crippen LogP contribution in [-0.2, 0) is 42.0 Å². The number of benzene rings is 2. The van der Waals surface area contributed by atoms with Crippen LogP contribution in [0.4, 0.5) is 36.3 Å². The summed E-state index contributed by atoms with van der Waals surface area (Å²) in [7, 11) is -0.347. The molecule has 2 aliphatic rings. The van der Waals surface area contributed by atoms with Gasteiger partial charge in [0.15, 0.2) is 0 Å². The minimum atomic E-state index is -4.81. The van der Waals surface area contributed by atoms with Gasteiger partial charge in [0, 0.05) is 19.8 Å². The van der Waals surface area contributed by atoms with Gasteiger partial charge in [-0.1, -0.05) is 12.1 Å². The number of methoxy groups -OCH3 is 1. The van der Waals surface area contributed by atoms with Crippen LogP contribution in [0.25, 0.3) is 0 Å². The normalized spacial score (nSPS) is 17.6. The zero-order chi connectivity index (χ0) is 36.9. The van der Waals surface area contributed by atoms with Crippen molar-refractivity contribution in [2.45, 2.75) is 71.3 Å². The molecule has 0 atom stereocenters. The van der Waals surface area contributed by atoms with E-state index in [-0.39, 0.29) is 60.3 Å². The van der Waals surface area contributed by atoms with E-state index >= 15 is 0 Å². The van der Waals surface area contributed by atoms with E-state index in [0.29, 0.717) is 49.2 Å². The first kappa shape index (κ1) is 38.0. The minimum absolute atomic E-state index is 0.0119. The number of esters is 1. The number of carbonyl (C=O) groups is 2. The average Bonchev–Trinajstić information content (AvgIpc) is 3.39. The zero-order valence-electron chi connectivity index (χ0n) is 29.3. The second-order valence-corrected chi connectivity index (χ2v) is 14.4. The van der Waals surface area contributed by atoms with Crippen LogP contribution >= 0.6 is 7.60 Å². The van der Waals surface area contributed by atoms with Gasteiger partial charge >= 0.3 is 19.7 Å². The molecule has 1 saturated carbocycles. The molecule has 2 heterocycles. The van der Waals surface area contributed by atoms with Crippen LogP contribution in [0.2, 0.25) is 0 Å². The van der Waals surface area contributed by atoms with Crippen molar-refractivity contribution < 1.29 is 45.8 Å². The van der Waals surface area contributed by atoms with Crippen LogP contribution in [0.1, 0.15) is 85.0 Å². The van der Waals surface area contributed by atoms with Gasteiger partial charge in [0.05, 0.1) is 55.9 Å². The second-order valence-electron chi connectivity index (χ2n) is 12.4. The Balaban J connectivity index is 1.43. The van der Waals surface area contributed by atoms with Gasteiger partial charge in [0.25, 0.3) is 5.91 Å².